The van der Waals surface area contributed by atoms with Gasteiger partial charge in [0.25, 0.3) is 0 Å². The van der Waals surface area contributed by atoms with E-state index < -0.39 is 13.2 Å². The van der Waals surface area contributed by atoms with Crippen LogP contribution in [-0.2, 0) is 9.98 Å². The Morgan fingerprint density at radius 1 is 1.02 bits per heavy atom. The van der Waals surface area contributed by atoms with Crippen molar-refractivity contribution in [2.75, 3.05) is 42.0 Å². The third-order valence-electron chi connectivity index (χ3n) is 8.24. The molecule has 6 rings (SSSR count). The van der Waals surface area contributed by atoms with E-state index in [0.29, 0.717) is 29.1 Å². The molecule has 1 aliphatic heterocycles. The number of nitrogens with one attached hydrogen (secondary N) is 2. The lowest BCUT2D eigenvalue weighted by Crippen LogP contribution is -2.33. The van der Waals surface area contributed by atoms with Crippen LogP contribution in [0.15, 0.2) is 79.0 Å². The zero-order valence-corrected chi connectivity index (χ0v) is 28.2. The van der Waals surface area contributed by atoms with E-state index in [9.17, 15) is 14.5 Å². The first-order valence-electron chi connectivity index (χ1n) is 15.7. The topological polar surface area (TPSA) is 134 Å². The fraction of sp³-hybridized carbons (Fsp3) is 0.314. The summed E-state index contributed by atoms with van der Waals surface area (Å²) in [4.78, 5) is 24.5. The fourth-order valence-electron chi connectivity index (χ4n) is 5.65. The SMILES string of the molecule is CC(C)(C)c1cc(NC(=O)Nc2ccc(Oc3ccnc(N4CCCC4CO)n3)c3ccccc23)n(-c2ccc(P(C)(C)=O)cc2)n1. The molecule has 3 heterocycles. The number of anilines is 3. The number of urea groups is 1. The second-order valence-electron chi connectivity index (χ2n) is 13.1. The number of rotatable bonds is 8. The smallest absolute Gasteiger partial charge is 0.324 e. The summed E-state index contributed by atoms with van der Waals surface area (Å²) in [6, 6.07) is 21.8. The van der Waals surface area contributed by atoms with Crippen molar-refractivity contribution in [3.63, 3.8) is 0 Å². The van der Waals surface area contributed by atoms with Gasteiger partial charge in [0.1, 0.15) is 18.7 Å². The number of benzene rings is 3. The Morgan fingerprint density at radius 2 is 1.77 bits per heavy atom. The Morgan fingerprint density at radius 3 is 2.47 bits per heavy atom. The van der Waals surface area contributed by atoms with Gasteiger partial charge in [-0.05, 0) is 62.6 Å². The highest BCUT2D eigenvalue weighted by molar-refractivity contribution is 7.70. The zero-order chi connectivity index (χ0) is 33.3. The average molecular weight is 654 g/mol. The molecule has 3 aromatic carbocycles. The number of nitrogens with zero attached hydrogens (tertiary/aromatic N) is 5. The van der Waals surface area contributed by atoms with Crippen molar-refractivity contribution in [2.24, 2.45) is 0 Å². The summed E-state index contributed by atoms with van der Waals surface area (Å²) < 4.78 is 20.5. The monoisotopic (exact) mass is 653 g/mol. The maximum Gasteiger partial charge on any atom is 0.324 e. The average Bonchev–Trinajstić information content (AvgIpc) is 3.70. The Bertz CT molecular complexity index is 1960. The molecule has 0 radical (unpaired) electrons. The highest BCUT2D eigenvalue weighted by atomic mass is 31.2. The van der Waals surface area contributed by atoms with Gasteiger partial charge in [-0.25, -0.2) is 14.5 Å². The van der Waals surface area contributed by atoms with E-state index in [4.69, 9.17) is 9.84 Å². The Labute approximate surface area is 274 Å². The van der Waals surface area contributed by atoms with Crippen LogP contribution < -0.4 is 25.6 Å². The lowest BCUT2D eigenvalue weighted by molar-refractivity contribution is 0.262. The van der Waals surface area contributed by atoms with Crippen molar-refractivity contribution < 1.29 is 19.2 Å². The van der Waals surface area contributed by atoms with Gasteiger partial charge in [-0.3, -0.25) is 5.32 Å². The maximum atomic E-state index is 13.5. The van der Waals surface area contributed by atoms with Crippen molar-refractivity contribution in [1.29, 1.82) is 0 Å². The van der Waals surface area contributed by atoms with Crippen LogP contribution >= 0.6 is 7.14 Å². The zero-order valence-electron chi connectivity index (χ0n) is 27.3. The van der Waals surface area contributed by atoms with E-state index in [1.807, 2.05) is 59.5 Å². The summed E-state index contributed by atoms with van der Waals surface area (Å²) in [5.41, 5.74) is 1.89. The number of carbonyl (C=O) groups is 1. The van der Waals surface area contributed by atoms with Gasteiger partial charge < -0.3 is 24.6 Å². The van der Waals surface area contributed by atoms with E-state index in [1.54, 1.807) is 42.4 Å². The van der Waals surface area contributed by atoms with E-state index in [-0.39, 0.29) is 18.1 Å². The van der Waals surface area contributed by atoms with Crippen LogP contribution in [0.3, 0.4) is 0 Å². The lowest BCUT2D eigenvalue weighted by Gasteiger charge is -2.23. The normalized spacial score (nSPS) is 15.2. The molecule has 1 saturated heterocycles. The van der Waals surface area contributed by atoms with Gasteiger partial charge in [0.2, 0.25) is 11.8 Å². The van der Waals surface area contributed by atoms with Crippen molar-refractivity contribution in [3.8, 4) is 17.3 Å². The van der Waals surface area contributed by atoms with Gasteiger partial charge in [0.05, 0.1) is 29.7 Å². The van der Waals surface area contributed by atoms with E-state index in [0.717, 1.165) is 46.8 Å². The largest absolute Gasteiger partial charge is 0.438 e. The van der Waals surface area contributed by atoms with Gasteiger partial charge in [0, 0.05) is 46.4 Å². The van der Waals surface area contributed by atoms with Gasteiger partial charge >= 0.3 is 6.03 Å². The molecule has 1 aliphatic rings. The molecule has 0 bridgehead atoms. The first-order chi connectivity index (χ1) is 22.4. The van der Waals surface area contributed by atoms with E-state index >= 15 is 0 Å². The summed E-state index contributed by atoms with van der Waals surface area (Å²) in [6.45, 7) is 10.5. The molecule has 0 aliphatic carbocycles. The standard InChI is InChI=1S/C35H40N7O4P/c1-35(2,3)30-21-31(42(40-30)23-12-14-25(15-13-23)47(4,5)45)38-34(44)37-28-16-17-29(27-11-7-6-10-26(27)28)46-32-18-19-36-33(39-32)41-20-8-9-24(41)22-43/h6-7,10-19,21,24,43H,8-9,20,22H2,1-5H3,(H2,37,38,44). The second-order valence-corrected chi connectivity index (χ2v) is 16.4. The van der Waals surface area contributed by atoms with Crippen LogP contribution in [0.1, 0.15) is 39.3 Å². The molecule has 244 valence electrons. The maximum absolute atomic E-state index is 13.5. The van der Waals surface area contributed by atoms with Crippen LogP contribution in [0.2, 0.25) is 0 Å². The van der Waals surface area contributed by atoms with Gasteiger partial charge in [-0.2, -0.15) is 10.1 Å². The minimum atomic E-state index is -2.41. The molecule has 1 atom stereocenters. The molecule has 12 heteroatoms. The molecule has 0 saturated carbocycles. The number of carbonyl (C=O) groups excluding carboxylic acids is 1. The van der Waals surface area contributed by atoms with Gasteiger partial charge in [-0.1, -0.05) is 45.0 Å². The highest BCUT2D eigenvalue weighted by Gasteiger charge is 2.26. The molecule has 11 nitrogen and oxygen atoms in total. The molecule has 5 aromatic rings. The van der Waals surface area contributed by atoms with Crippen LogP contribution in [0.25, 0.3) is 16.5 Å². The quantitative estimate of drug-likeness (QED) is 0.157. The summed E-state index contributed by atoms with van der Waals surface area (Å²) >= 11 is 0. The third kappa shape index (κ3) is 7.01. The van der Waals surface area contributed by atoms with Crippen molar-refractivity contribution in [3.05, 3.63) is 84.7 Å². The van der Waals surface area contributed by atoms with E-state index in [2.05, 4.69) is 41.4 Å². The number of aliphatic hydroxyl groups excluding tert-OH is 1. The number of amides is 2. The Balaban J connectivity index is 1.25. The minimum Gasteiger partial charge on any atom is -0.438 e. The third-order valence-corrected chi connectivity index (χ3v) is 9.79. The number of hydrogen-bond acceptors (Lipinski definition) is 8. The van der Waals surface area contributed by atoms with Gasteiger partial charge in [0.15, 0.2) is 0 Å². The predicted octanol–water partition coefficient (Wildman–Crippen LogP) is 6.76. The minimum absolute atomic E-state index is 0.000699. The number of aliphatic hydroxyl groups is 1. The van der Waals surface area contributed by atoms with Crippen molar-refractivity contribution in [1.82, 2.24) is 19.7 Å². The molecular formula is C35H40N7O4P. The molecule has 47 heavy (non-hydrogen) atoms. The van der Waals surface area contributed by atoms with Crippen LogP contribution in [0, 0.1) is 0 Å². The predicted molar refractivity (Wildman–Crippen MR) is 188 cm³/mol. The van der Waals surface area contributed by atoms with Crippen molar-refractivity contribution >= 4 is 46.7 Å². The van der Waals surface area contributed by atoms with Crippen LogP contribution in [0.5, 0.6) is 11.6 Å². The summed E-state index contributed by atoms with van der Waals surface area (Å²) in [5, 5.41) is 22.9. The second kappa shape index (κ2) is 12.8. The molecular weight excluding hydrogens is 613 g/mol. The lowest BCUT2D eigenvalue weighted by atomic mass is 9.92. The highest BCUT2D eigenvalue weighted by Crippen LogP contribution is 2.36. The van der Waals surface area contributed by atoms with Crippen LogP contribution in [-0.4, -0.2) is 63.4 Å². The molecule has 0 spiro atoms. The first kappa shape index (κ1) is 32.2. The van der Waals surface area contributed by atoms with Crippen LogP contribution in [0.4, 0.5) is 22.2 Å². The number of ether oxygens (including phenoxy) is 1. The van der Waals surface area contributed by atoms with E-state index in [1.165, 1.54) is 0 Å². The summed E-state index contributed by atoms with van der Waals surface area (Å²) in [6.07, 6.45) is 3.53. The number of hydrogen-bond donors (Lipinski definition) is 3. The molecule has 2 amide bonds. The summed E-state index contributed by atoms with van der Waals surface area (Å²) in [5.74, 6) is 2.00. The molecule has 1 unspecified atom stereocenters. The fourth-order valence-corrected chi connectivity index (χ4v) is 6.52. The molecule has 3 N–H and O–H groups in total. The first-order valence-corrected chi connectivity index (χ1v) is 18.3. The Kier molecular flexibility index (Phi) is 8.78. The number of fused-ring (bicyclic) bond motifs is 1. The molecule has 1 fully saturated rings. The Hall–Kier alpha value is -4.73. The molecule has 2 aromatic heterocycles. The number of aromatic nitrogens is 4. The van der Waals surface area contributed by atoms with Crippen molar-refractivity contribution in [2.45, 2.75) is 45.1 Å². The summed E-state index contributed by atoms with van der Waals surface area (Å²) in [7, 11) is -2.41. The van der Waals surface area contributed by atoms with Gasteiger partial charge in [-0.15, -0.1) is 0 Å².